The van der Waals surface area contributed by atoms with Crippen LogP contribution in [-0.4, -0.2) is 38.3 Å². The first-order chi connectivity index (χ1) is 7.83. The number of nitrogens with zero attached hydrogens (tertiary/aromatic N) is 2. The third-order valence-electron chi connectivity index (χ3n) is 3.20. The average molecular weight is 221 g/mol. The summed E-state index contributed by atoms with van der Waals surface area (Å²) >= 11 is 0. The molecule has 0 unspecified atom stereocenters. The first-order valence-electron chi connectivity index (χ1n) is 5.75. The van der Waals surface area contributed by atoms with E-state index in [0.29, 0.717) is 11.9 Å². The Kier molecular flexibility index (Phi) is 3.62. The zero-order valence-corrected chi connectivity index (χ0v) is 9.94. The highest BCUT2D eigenvalue weighted by atomic mass is 16.5. The van der Waals surface area contributed by atoms with Crippen molar-refractivity contribution in [1.82, 2.24) is 10.3 Å². The number of rotatable bonds is 3. The molecule has 1 N–H and O–H groups in total. The molecule has 0 aromatic carbocycles. The molecule has 16 heavy (non-hydrogen) atoms. The van der Waals surface area contributed by atoms with E-state index in [1.807, 2.05) is 19.2 Å². The molecule has 0 bridgehead atoms. The van der Waals surface area contributed by atoms with E-state index in [0.717, 1.165) is 13.1 Å². The Morgan fingerprint density at radius 2 is 2.19 bits per heavy atom. The van der Waals surface area contributed by atoms with Gasteiger partial charge in [0, 0.05) is 37.1 Å². The second-order valence-electron chi connectivity index (χ2n) is 4.11. The summed E-state index contributed by atoms with van der Waals surface area (Å²) < 4.78 is 5.14. The van der Waals surface area contributed by atoms with Gasteiger partial charge in [-0.1, -0.05) is 0 Å². The van der Waals surface area contributed by atoms with Crippen molar-refractivity contribution >= 4 is 5.69 Å². The number of hydrogen-bond donors (Lipinski definition) is 1. The third kappa shape index (κ3) is 2.44. The van der Waals surface area contributed by atoms with Gasteiger partial charge in [0.2, 0.25) is 5.88 Å². The fraction of sp³-hybridized carbons (Fsp3) is 0.583. The second kappa shape index (κ2) is 5.16. The van der Waals surface area contributed by atoms with Gasteiger partial charge in [-0.05, 0) is 26.0 Å². The Bertz CT molecular complexity index is 335. The average Bonchev–Trinajstić information content (AvgIpc) is 2.39. The zero-order valence-electron chi connectivity index (χ0n) is 9.94. The summed E-state index contributed by atoms with van der Waals surface area (Å²) in [4.78, 5) is 6.51. The van der Waals surface area contributed by atoms with Crippen molar-refractivity contribution in [1.29, 1.82) is 0 Å². The molecule has 0 saturated carbocycles. The lowest BCUT2D eigenvalue weighted by Gasteiger charge is -2.33. The lowest BCUT2D eigenvalue weighted by molar-refractivity contribution is 0.397. The molecule has 1 saturated heterocycles. The fourth-order valence-electron chi connectivity index (χ4n) is 2.13. The normalized spacial score (nSPS) is 17.5. The molecule has 4 heteroatoms. The van der Waals surface area contributed by atoms with E-state index in [1.165, 1.54) is 18.5 Å². The summed E-state index contributed by atoms with van der Waals surface area (Å²) in [5.41, 5.74) is 1.21. The molecule has 1 fully saturated rings. The maximum absolute atomic E-state index is 5.14. The number of nitrogens with one attached hydrogen (secondary N) is 1. The van der Waals surface area contributed by atoms with Gasteiger partial charge in [0.05, 0.1) is 7.11 Å². The number of piperidine rings is 1. The molecule has 0 atom stereocenters. The molecule has 88 valence electrons. The van der Waals surface area contributed by atoms with Crippen LogP contribution in [0, 0.1) is 0 Å². The Morgan fingerprint density at radius 1 is 1.44 bits per heavy atom. The minimum atomic E-state index is 0.667. The maximum atomic E-state index is 5.14. The summed E-state index contributed by atoms with van der Waals surface area (Å²) in [5, 5.41) is 3.33. The largest absolute Gasteiger partial charge is 0.481 e. The first kappa shape index (κ1) is 11.2. The van der Waals surface area contributed by atoms with E-state index in [1.54, 1.807) is 13.3 Å². The van der Waals surface area contributed by atoms with Gasteiger partial charge in [0.15, 0.2) is 0 Å². The van der Waals surface area contributed by atoms with Crippen LogP contribution in [0.3, 0.4) is 0 Å². The SMILES string of the molecule is CNC1CCN(c2ccnc(OC)c2)CC1. The monoisotopic (exact) mass is 221 g/mol. The van der Waals surface area contributed by atoms with E-state index in [4.69, 9.17) is 4.74 Å². The summed E-state index contributed by atoms with van der Waals surface area (Å²) in [7, 11) is 3.69. The number of pyridine rings is 1. The van der Waals surface area contributed by atoms with Crippen molar-refractivity contribution in [3.63, 3.8) is 0 Å². The predicted molar refractivity (Wildman–Crippen MR) is 65.1 cm³/mol. The van der Waals surface area contributed by atoms with Crippen LogP contribution in [0.2, 0.25) is 0 Å². The van der Waals surface area contributed by atoms with E-state index in [2.05, 4.69) is 15.2 Å². The molecule has 1 aromatic heterocycles. The maximum Gasteiger partial charge on any atom is 0.214 e. The van der Waals surface area contributed by atoms with Gasteiger partial charge in [-0.15, -0.1) is 0 Å². The lowest BCUT2D eigenvalue weighted by atomic mass is 10.0. The topological polar surface area (TPSA) is 37.4 Å². The minimum absolute atomic E-state index is 0.667. The van der Waals surface area contributed by atoms with Gasteiger partial charge in [-0.25, -0.2) is 4.98 Å². The second-order valence-corrected chi connectivity index (χ2v) is 4.11. The Labute approximate surface area is 96.6 Å². The third-order valence-corrected chi connectivity index (χ3v) is 3.20. The molecular formula is C12H19N3O. The highest BCUT2D eigenvalue weighted by molar-refractivity contribution is 5.48. The first-order valence-corrected chi connectivity index (χ1v) is 5.75. The molecular weight excluding hydrogens is 202 g/mol. The van der Waals surface area contributed by atoms with Crippen LogP contribution in [0.4, 0.5) is 5.69 Å². The van der Waals surface area contributed by atoms with Crippen LogP contribution >= 0.6 is 0 Å². The van der Waals surface area contributed by atoms with Crippen LogP contribution in [0.15, 0.2) is 18.3 Å². The van der Waals surface area contributed by atoms with Crippen molar-refractivity contribution in [2.45, 2.75) is 18.9 Å². The standard InChI is InChI=1S/C12H19N3O/c1-13-10-4-7-15(8-5-10)11-3-6-14-12(9-11)16-2/h3,6,9-10,13H,4-5,7-8H2,1-2H3. The van der Waals surface area contributed by atoms with Gasteiger partial charge in [0.25, 0.3) is 0 Å². The van der Waals surface area contributed by atoms with E-state index >= 15 is 0 Å². The smallest absolute Gasteiger partial charge is 0.214 e. The van der Waals surface area contributed by atoms with Crippen LogP contribution in [0.1, 0.15) is 12.8 Å². The Hall–Kier alpha value is -1.29. The molecule has 1 aliphatic heterocycles. The molecule has 2 rings (SSSR count). The minimum Gasteiger partial charge on any atom is -0.481 e. The lowest BCUT2D eigenvalue weighted by Crippen LogP contribution is -2.41. The molecule has 0 spiro atoms. The number of hydrogen-bond acceptors (Lipinski definition) is 4. The van der Waals surface area contributed by atoms with E-state index < -0.39 is 0 Å². The number of aromatic nitrogens is 1. The van der Waals surface area contributed by atoms with Crippen LogP contribution < -0.4 is 15.0 Å². The molecule has 0 radical (unpaired) electrons. The fourth-order valence-corrected chi connectivity index (χ4v) is 2.13. The summed E-state index contributed by atoms with van der Waals surface area (Å²) in [6.07, 6.45) is 4.20. The van der Waals surface area contributed by atoms with Gasteiger partial charge < -0.3 is 15.0 Å². The van der Waals surface area contributed by atoms with Crippen LogP contribution in [-0.2, 0) is 0 Å². The quantitative estimate of drug-likeness (QED) is 0.834. The molecule has 2 heterocycles. The van der Waals surface area contributed by atoms with Gasteiger partial charge in [-0.2, -0.15) is 0 Å². The Morgan fingerprint density at radius 3 is 2.81 bits per heavy atom. The summed E-state index contributed by atoms with van der Waals surface area (Å²) in [5.74, 6) is 0.688. The van der Waals surface area contributed by atoms with Crippen LogP contribution in [0.25, 0.3) is 0 Å². The van der Waals surface area contributed by atoms with E-state index in [9.17, 15) is 0 Å². The van der Waals surface area contributed by atoms with Crippen molar-refractivity contribution in [2.24, 2.45) is 0 Å². The Balaban J connectivity index is 2.02. The number of methoxy groups -OCH3 is 1. The molecule has 0 aliphatic carbocycles. The van der Waals surface area contributed by atoms with Gasteiger partial charge in [-0.3, -0.25) is 0 Å². The predicted octanol–water partition coefficient (Wildman–Crippen LogP) is 1.28. The van der Waals surface area contributed by atoms with Crippen LogP contribution in [0.5, 0.6) is 5.88 Å². The van der Waals surface area contributed by atoms with Crippen molar-refractivity contribution in [3.05, 3.63) is 18.3 Å². The summed E-state index contributed by atoms with van der Waals surface area (Å²) in [6, 6.07) is 4.71. The molecule has 4 nitrogen and oxygen atoms in total. The van der Waals surface area contributed by atoms with Crippen molar-refractivity contribution < 1.29 is 4.74 Å². The highest BCUT2D eigenvalue weighted by Gasteiger charge is 2.18. The number of ether oxygens (including phenoxy) is 1. The summed E-state index contributed by atoms with van der Waals surface area (Å²) in [6.45, 7) is 2.19. The molecule has 0 amide bonds. The van der Waals surface area contributed by atoms with E-state index in [-0.39, 0.29) is 0 Å². The van der Waals surface area contributed by atoms with Crippen molar-refractivity contribution in [3.8, 4) is 5.88 Å². The van der Waals surface area contributed by atoms with Gasteiger partial charge in [0.1, 0.15) is 0 Å². The highest BCUT2D eigenvalue weighted by Crippen LogP contribution is 2.22. The molecule has 1 aromatic rings. The van der Waals surface area contributed by atoms with Gasteiger partial charge >= 0.3 is 0 Å². The molecule has 1 aliphatic rings. The van der Waals surface area contributed by atoms with Crippen molar-refractivity contribution in [2.75, 3.05) is 32.1 Å². The zero-order chi connectivity index (χ0) is 11.4. The number of anilines is 1.